The first kappa shape index (κ1) is 10.5. The van der Waals surface area contributed by atoms with Gasteiger partial charge in [0.2, 0.25) is 0 Å². The molecular formula is C12H13ClN2. The van der Waals surface area contributed by atoms with Crippen molar-refractivity contribution in [3.8, 4) is 6.07 Å². The lowest BCUT2D eigenvalue weighted by atomic mass is 9.65. The minimum absolute atomic E-state index is 0.105. The summed E-state index contributed by atoms with van der Waals surface area (Å²) in [6.45, 7) is 1.98. The molecule has 1 aliphatic rings. The van der Waals surface area contributed by atoms with Gasteiger partial charge in [-0.1, -0.05) is 23.7 Å². The summed E-state index contributed by atoms with van der Waals surface area (Å²) in [6.07, 6.45) is 1.48. The van der Waals surface area contributed by atoms with E-state index in [1.54, 1.807) is 0 Å². The van der Waals surface area contributed by atoms with Crippen LogP contribution in [-0.2, 0) is 5.54 Å². The second-order valence-electron chi connectivity index (χ2n) is 4.30. The molecule has 0 saturated heterocycles. The highest BCUT2D eigenvalue weighted by Crippen LogP contribution is 2.45. The molecule has 1 aromatic rings. The molecule has 78 valence electrons. The third-order valence-corrected chi connectivity index (χ3v) is 3.62. The van der Waals surface area contributed by atoms with Gasteiger partial charge in [0.05, 0.1) is 12.0 Å². The molecule has 0 heterocycles. The summed E-state index contributed by atoms with van der Waals surface area (Å²) >= 11 is 6.05. The molecule has 1 aromatic carbocycles. The summed E-state index contributed by atoms with van der Waals surface area (Å²) in [5.41, 5.74) is 8.04. The van der Waals surface area contributed by atoms with E-state index in [-0.39, 0.29) is 11.5 Å². The third-order valence-electron chi connectivity index (χ3n) is 3.21. The van der Waals surface area contributed by atoms with E-state index >= 15 is 0 Å². The van der Waals surface area contributed by atoms with Gasteiger partial charge < -0.3 is 5.73 Å². The summed E-state index contributed by atoms with van der Waals surface area (Å²) in [4.78, 5) is 0. The van der Waals surface area contributed by atoms with E-state index < -0.39 is 0 Å². The first-order chi connectivity index (χ1) is 7.07. The minimum atomic E-state index is -0.338. The maximum Gasteiger partial charge on any atom is 0.0657 e. The average Bonchev–Trinajstić information content (AvgIpc) is 2.17. The molecule has 0 aromatic heterocycles. The van der Waals surface area contributed by atoms with E-state index in [9.17, 15) is 0 Å². The van der Waals surface area contributed by atoms with Gasteiger partial charge in [0.15, 0.2) is 0 Å². The number of nitriles is 1. The largest absolute Gasteiger partial charge is 0.321 e. The van der Waals surface area contributed by atoms with Crippen molar-refractivity contribution in [3.05, 3.63) is 34.3 Å². The fourth-order valence-corrected chi connectivity index (χ4v) is 2.45. The highest BCUT2D eigenvalue weighted by Gasteiger charge is 2.43. The Kier molecular flexibility index (Phi) is 2.46. The molecule has 0 aliphatic heterocycles. The van der Waals surface area contributed by atoms with Crippen molar-refractivity contribution in [3.63, 3.8) is 0 Å². The Balaban J connectivity index is 2.32. The molecule has 0 atom stereocenters. The van der Waals surface area contributed by atoms with Gasteiger partial charge in [-0.05, 0) is 37.0 Å². The van der Waals surface area contributed by atoms with Gasteiger partial charge in [-0.25, -0.2) is 0 Å². The van der Waals surface area contributed by atoms with Crippen molar-refractivity contribution in [1.82, 2.24) is 0 Å². The zero-order valence-electron chi connectivity index (χ0n) is 8.63. The summed E-state index contributed by atoms with van der Waals surface area (Å²) in [5, 5.41) is 9.51. The van der Waals surface area contributed by atoms with Gasteiger partial charge >= 0.3 is 0 Å². The average molecular weight is 221 g/mol. The topological polar surface area (TPSA) is 49.8 Å². The molecule has 0 amide bonds. The molecule has 2 N–H and O–H groups in total. The molecule has 2 rings (SSSR count). The first-order valence-corrected chi connectivity index (χ1v) is 5.39. The predicted molar refractivity (Wildman–Crippen MR) is 60.4 cm³/mol. The number of benzene rings is 1. The highest BCUT2D eigenvalue weighted by atomic mass is 35.5. The maximum atomic E-state index is 8.76. The Morgan fingerprint density at radius 2 is 2.20 bits per heavy atom. The van der Waals surface area contributed by atoms with Gasteiger partial charge in [-0.2, -0.15) is 5.26 Å². The second kappa shape index (κ2) is 3.52. The number of hydrogen-bond donors (Lipinski definition) is 1. The second-order valence-corrected chi connectivity index (χ2v) is 4.71. The van der Waals surface area contributed by atoms with Crippen LogP contribution in [0.3, 0.4) is 0 Å². The Hall–Kier alpha value is -1.04. The Morgan fingerprint density at radius 1 is 1.53 bits per heavy atom. The standard InChI is InChI=1S/C12H13ClN2/c1-8-10(3-2-4-11(8)13)12(15)5-9(6-12)7-14/h2-4,9H,5-6,15H2,1H3. The van der Waals surface area contributed by atoms with Crippen LogP contribution in [0.4, 0.5) is 0 Å². The molecule has 15 heavy (non-hydrogen) atoms. The summed E-state index contributed by atoms with van der Waals surface area (Å²) in [7, 11) is 0. The van der Waals surface area contributed by atoms with Crippen LogP contribution in [-0.4, -0.2) is 0 Å². The van der Waals surface area contributed by atoms with Crippen LogP contribution in [0.25, 0.3) is 0 Å². The molecule has 0 bridgehead atoms. The Bertz CT molecular complexity index is 428. The number of hydrogen-bond acceptors (Lipinski definition) is 2. The maximum absolute atomic E-state index is 8.76. The number of nitrogens with zero attached hydrogens (tertiary/aromatic N) is 1. The van der Waals surface area contributed by atoms with E-state index in [2.05, 4.69) is 6.07 Å². The quantitative estimate of drug-likeness (QED) is 0.791. The van der Waals surface area contributed by atoms with Crippen molar-refractivity contribution < 1.29 is 0 Å². The van der Waals surface area contributed by atoms with Crippen LogP contribution in [0.2, 0.25) is 5.02 Å². The van der Waals surface area contributed by atoms with Gasteiger partial charge in [0, 0.05) is 10.6 Å². The SMILES string of the molecule is Cc1c(Cl)cccc1C1(N)CC(C#N)C1. The molecule has 1 fully saturated rings. The minimum Gasteiger partial charge on any atom is -0.321 e. The third kappa shape index (κ3) is 1.62. The zero-order valence-corrected chi connectivity index (χ0v) is 9.38. The van der Waals surface area contributed by atoms with Crippen molar-refractivity contribution in [2.24, 2.45) is 11.7 Å². The summed E-state index contributed by atoms with van der Waals surface area (Å²) in [6, 6.07) is 8.04. The molecule has 0 spiro atoms. The monoisotopic (exact) mass is 220 g/mol. The fraction of sp³-hybridized carbons (Fsp3) is 0.417. The number of nitrogens with two attached hydrogens (primary N) is 1. The lowest BCUT2D eigenvalue weighted by Crippen LogP contribution is -2.48. The molecule has 1 saturated carbocycles. The van der Waals surface area contributed by atoms with E-state index in [1.165, 1.54) is 0 Å². The predicted octanol–water partition coefficient (Wildman–Crippen LogP) is 2.74. The van der Waals surface area contributed by atoms with Crippen LogP contribution in [0.15, 0.2) is 18.2 Å². The van der Waals surface area contributed by atoms with E-state index in [4.69, 9.17) is 22.6 Å². The Morgan fingerprint density at radius 3 is 2.80 bits per heavy atom. The normalized spacial score (nSPS) is 29.3. The first-order valence-electron chi connectivity index (χ1n) is 5.01. The van der Waals surface area contributed by atoms with Crippen molar-refractivity contribution in [2.75, 3.05) is 0 Å². The smallest absolute Gasteiger partial charge is 0.0657 e. The van der Waals surface area contributed by atoms with Crippen molar-refractivity contribution in [1.29, 1.82) is 5.26 Å². The van der Waals surface area contributed by atoms with E-state index in [1.807, 2.05) is 25.1 Å². The van der Waals surface area contributed by atoms with E-state index in [0.29, 0.717) is 0 Å². The van der Waals surface area contributed by atoms with Gasteiger partial charge in [0.1, 0.15) is 0 Å². The number of halogens is 1. The highest BCUT2D eigenvalue weighted by molar-refractivity contribution is 6.31. The zero-order chi connectivity index (χ0) is 11.1. The van der Waals surface area contributed by atoms with Crippen molar-refractivity contribution >= 4 is 11.6 Å². The molecule has 0 radical (unpaired) electrons. The van der Waals surface area contributed by atoms with Crippen LogP contribution >= 0.6 is 11.6 Å². The molecular weight excluding hydrogens is 208 g/mol. The van der Waals surface area contributed by atoms with Crippen LogP contribution in [0, 0.1) is 24.2 Å². The van der Waals surface area contributed by atoms with Crippen LogP contribution < -0.4 is 5.73 Å². The molecule has 1 aliphatic carbocycles. The van der Waals surface area contributed by atoms with Gasteiger partial charge in [-0.3, -0.25) is 0 Å². The lowest BCUT2D eigenvalue weighted by Gasteiger charge is -2.43. The number of rotatable bonds is 1. The Labute approximate surface area is 94.7 Å². The van der Waals surface area contributed by atoms with Gasteiger partial charge in [0.25, 0.3) is 0 Å². The lowest BCUT2D eigenvalue weighted by molar-refractivity contribution is 0.192. The molecule has 2 nitrogen and oxygen atoms in total. The van der Waals surface area contributed by atoms with E-state index in [0.717, 1.165) is 29.0 Å². The fourth-order valence-electron chi connectivity index (χ4n) is 2.28. The molecule has 3 heteroatoms. The van der Waals surface area contributed by atoms with Gasteiger partial charge in [-0.15, -0.1) is 0 Å². The van der Waals surface area contributed by atoms with Crippen LogP contribution in [0.5, 0.6) is 0 Å². The van der Waals surface area contributed by atoms with Crippen LogP contribution in [0.1, 0.15) is 24.0 Å². The van der Waals surface area contributed by atoms with Crippen molar-refractivity contribution in [2.45, 2.75) is 25.3 Å². The summed E-state index contributed by atoms with van der Waals surface area (Å²) < 4.78 is 0. The molecule has 0 unspecified atom stereocenters. The summed E-state index contributed by atoms with van der Waals surface area (Å²) in [5.74, 6) is 0.105.